The molecular weight excluding hydrogens is 340 g/mol. The monoisotopic (exact) mass is 362 g/mol. The van der Waals surface area contributed by atoms with Crippen LogP contribution < -0.4 is 0 Å². The van der Waals surface area contributed by atoms with Gasteiger partial charge in [-0.1, -0.05) is 6.92 Å². The van der Waals surface area contributed by atoms with Gasteiger partial charge in [0.2, 0.25) is 5.79 Å². The summed E-state index contributed by atoms with van der Waals surface area (Å²) in [5.74, 6) is -5.53. The number of aliphatic hydroxyl groups is 1. The lowest BCUT2D eigenvalue weighted by Crippen LogP contribution is -2.68. The molecule has 5 atom stereocenters. The fraction of sp³-hybridized carbons (Fsp3) is 0.733. The largest absolute Gasteiger partial charge is 0.467 e. The zero-order chi connectivity index (χ0) is 19.4. The predicted octanol–water partition coefficient (Wildman–Crippen LogP) is -0.548. The lowest BCUT2D eigenvalue weighted by atomic mass is 9.90. The van der Waals surface area contributed by atoms with Crippen LogP contribution in [0.4, 0.5) is 0 Å². The molecular formula is C15H22O10. The molecule has 1 aliphatic heterocycles. The maximum Gasteiger partial charge on any atom is 0.339 e. The van der Waals surface area contributed by atoms with Gasteiger partial charge in [0.15, 0.2) is 24.4 Å². The molecule has 0 aliphatic carbocycles. The second-order valence-electron chi connectivity index (χ2n) is 5.44. The standard InChI is InChI=1S/C15H22O10/c1-6-15(20)13(24-9(4)18)11(23-8(3)17)10(22-7(2)16)12(25-15)14(19)21-5/h10-13,20H,6H2,1-5H3/t10-,11-,12-,13+,15+/m0/s1. The van der Waals surface area contributed by atoms with Crippen LogP contribution in [-0.4, -0.2) is 66.3 Å². The molecule has 1 saturated heterocycles. The summed E-state index contributed by atoms with van der Waals surface area (Å²) in [6.07, 6.45) is -6.19. The van der Waals surface area contributed by atoms with Gasteiger partial charge in [-0.15, -0.1) is 0 Å². The molecule has 142 valence electrons. The van der Waals surface area contributed by atoms with E-state index in [1.165, 1.54) is 6.92 Å². The molecule has 0 bridgehead atoms. The van der Waals surface area contributed by atoms with Gasteiger partial charge in [-0.3, -0.25) is 14.4 Å². The van der Waals surface area contributed by atoms with E-state index in [-0.39, 0.29) is 6.42 Å². The van der Waals surface area contributed by atoms with Crippen LogP contribution in [0.15, 0.2) is 0 Å². The number of carbonyl (C=O) groups is 4. The molecule has 0 aromatic carbocycles. The van der Waals surface area contributed by atoms with Crippen molar-refractivity contribution in [1.29, 1.82) is 0 Å². The Kier molecular flexibility index (Phi) is 6.88. The SMILES string of the molecule is CC[C@@]1(O)O[C@H](C(=O)OC)[C@@H](OC(C)=O)[C@H](OC(C)=O)[C@H]1OC(C)=O. The quantitative estimate of drug-likeness (QED) is 0.501. The van der Waals surface area contributed by atoms with Crippen molar-refractivity contribution >= 4 is 23.9 Å². The van der Waals surface area contributed by atoms with Crippen LogP contribution in [0.3, 0.4) is 0 Å². The Hall–Kier alpha value is -2.20. The molecule has 25 heavy (non-hydrogen) atoms. The molecule has 0 aromatic heterocycles. The summed E-state index contributed by atoms with van der Waals surface area (Å²) in [6.45, 7) is 4.72. The third-order valence-electron chi connectivity index (χ3n) is 3.53. The number of rotatable bonds is 5. The molecule has 10 nitrogen and oxygen atoms in total. The van der Waals surface area contributed by atoms with E-state index >= 15 is 0 Å². The first-order valence-electron chi connectivity index (χ1n) is 7.55. The topological polar surface area (TPSA) is 135 Å². The second kappa shape index (κ2) is 8.26. The third kappa shape index (κ3) is 4.89. The van der Waals surface area contributed by atoms with Crippen molar-refractivity contribution in [2.45, 2.75) is 64.3 Å². The summed E-state index contributed by atoms with van der Waals surface area (Å²) in [5, 5.41) is 10.7. The minimum atomic E-state index is -2.17. The first-order valence-corrected chi connectivity index (χ1v) is 7.55. The highest BCUT2D eigenvalue weighted by Gasteiger charge is 2.60. The molecule has 0 amide bonds. The maximum absolute atomic E-state index is 12.0. The van der Waals surface area contributed by atoms with E-state index in [4.69, 9.17) is 18.9 Å². The van der Waals surface area contributed by atoms with Crippen LogP contribution >= 0.6 is 0 Å². The van der Waals surface area contributed by atoms with Crippen molar-refractivity contribution in [3.63, 3.8) is 0 Å². The summed E-state index contributed by atoms with van der Waals surface area (Å²) < 4.78 is 25.1. The Labute approximate surface area is 144 Å². The highest BCUT2D eigenvalue weighted by atomic mass is 16.7. The average Bonchev–Trinajstić information content (AvgIpc) is 2.51. The van der Waals surface area contributed by atoms with Crippen molar-refractivity contribution in [3.05, 3.63) is 0 Å². The highest BCUT2D eigenvalue weighted by molar-refractivity contribution is 5.77. The van der Waals surface area contributed by atoms with Crippen molar-refractivity contribution in [2.75, 3.05) is 7.11 Å². The molecule has 10 heteroatoms. The first kappa shape index (κ1) is 20.8. The zero-order valence-electron chi connectivity index (χ0n) is 14.6. The smallest absolute Gasteiger partial charge is 0.339 e. The Bertz CT molecular complexity index is 544. The maximum atomic E-state index is 12.0. The zero-order valence-corrected chi connectivity index (χ0v) is 14.6. The van der Waals surface area contributed by atoms with Gasteiger partial charge < -0.3 is 28.8 Å². The Morgan fingerprint density at radius 2 is 1.44 bits per heavy atom. The molecule has 1 heterocycles. The minimum Gasteiger partial charge on any atom is -0.467 e. The fourth-order valence-corrected chi connectivity index (χ4v) is 2.52. The molecule has 1 rings (SSSR count). The third-order valence-corrected chi connectivity index (χ3v) is 3.53. The summed E-state index contributed by atoms with van der Waals surface area (Å²) in [5.41, 5.74) is 0. The molecule has 0 saturated carbocycles. The molecule has 1 N–H and O–H groups in total. The molecule has 0 spiro atoms. The van der Waals surface area contributed by atoms with Crippen LogP contribution in [0.2, 0.25) is 0 Å². The van der Waals surface area contributed by atoms with E-state index in [9.17, 15) is 24.3 Å². The first-order chi connectivity index (χ1) is 11.6. The summed E-state index contributed by atoms with van der Waals surface area (Å²) in [6, 6.07) is 0. The second-order valence-corrected chi connectivity index (χ2v) is 5.44. The summed E-state index contributed by atoms with van der Waals surface area (Å²) in [7, 11) is 1.07. The predicted molar refractivity (Wildman–Crippen MR) is 78.8 cm³/mol. The van der Waals surface area contributed by atoms with Crippen LogP contribution in [-0.2, 0) is 42.9 Å². The average molecular weight is 362 g/mol. The molecule has 0 radical (unpaired) electrons. The Balaban J connectivity index is 3.42. The van der Waals surface area contributed by atoms with Crippen molar-refractivity contribution in [2.24, 2.45) is 0 Å². The summed E-state index contributed by atoms with van der Waals surface area (Å²) >= 11 is 0. The van der Waals surface area contributed by atoms with Gasteiger partial charge in [-0.05, 0) is 0 Å². The number of esters is 4. The highest BCUT2D eigenvalue weighted by Crippen LogP contribution is 2.36. The molecule has 0 aromatic rings. The van der Waals surface area contributed by atoms with E-state index in [1.807, 2.05) is 0 Å². The number of hydrogen-bond acceptors (Lipinski definition) is 10. The van der Waals surface area contributed by atoms with Gasteiger partial charge in [0, 0.05) is 27.2 Å². The molecule has 0 unspecified atom stereocenters. The lowest BCUT2D eigenvalue weighted by molar-refractivity contribution is -0.345. The van der Waals surface area contributed by atoms with Crippen LogP contribution in [0.1, 0.15) is 34.1 Å². The summed E-state index contributed by atoms with van der Waals surface area (Å²) in [4.78, 5) is 46.3. The van der Waals surface area contributed by atoms with Gasteiger partial charge in [-0.2, -0.15) is 0 Å². The van der Waals surface area contributed by atoms with E-state index in [2.05, 4.69) is 4.74 Å². The van der Waals surface area contributed by atoms with E-state index in [0.717, 1.165) is 27.9 Å². The van der Waals surface area contributed by atoms with Crippen molar-refractivity contribution in [3.8, 4) is 0 Å². The molecule has 1 aliphatic rings. The lowest BCUT2D eigenvalue weighted by Gasteiger charge is -2.47. The number of hydrogen-bond donors (Lipinski definition) is 1. The van der Waals surface area contributed by atoms with Crippen LogP contribution in [0.25, 0.3) is 0 Å². The van der Waals surface area contributed by atoms with Crippen molar-refractivity contribution in [1.82, 2.24) is 0 Å². The fourth-order valence-electron chi connectivity index (χ4n) is 2.52. The van der Waals surface area contributed by atoms with E-state index < -0.39 is 54.1 Å². The molecule has 1 fully saturated rings. The number of methoxy groups -OCH3 is 1. The van der Waals surface area contributed by atoms with Crippen LogP contribution in [0, 0.1) is 0 Å². The van der Waals surface area contributed by atoms with Gasteiger partial charge >= 0.3 is 23.9 Å². The Morgan fingerprint density at radius 3 is 1.84 bits per heavy atom. The van der Waals surface area contributed by atoms with Crippen LogP contribution in [0.5, 0.6) is 0 Å². The minimum absolute atomic E-state index is 0.122. The van der Waals surface area contributed by atoms with Gasteiger partial charge in [0.1, 0.15) is 0 Å². The van der Waals surface area contributed by atoms with Gasteiger partial charge in [0.25, 0.3) is 0 Å². The number of ether oxygens (including phenoxy) is 5. The van der Waals surface area contributed by atoms with Crippen molar-refractivity contribution < 1.29 is 48.0 Å². The Morgan fingerprint density at radius 1 is 0.960 bits per heavy atom. The van der Waals surface area contributed by atoms with Gasteiger partial charge in [-0.25, -0.2) is 4.79 Å². The number of carbonyl (C=O) groups excluding carboxylic acids is 4. The van der Waals surface area contributed by atoms with Gasteiger partial charge in [0.05, 0.1) is 7.11 Å². The van der Waals surface area contributed by atoms with E-state index in [1.54, 1.807) is 0 Å². The normalized spacial score (nSPS) is 31.6. The van der Waals surface area contributed by atoms with E-state index in [0.29, 0.717) is 0 Å².